The molecule has 0 bridgehead atoms. The van der Waals surface area contributed by atoms with Crippen molar-refractivity contribution in [2.24, 2.45) is 0 Å². The van der Waals surface area contributed by atoms with Gasteiger partial charge in [-0.25, -0.2) is 8.42 Å². The van der Waals surface area contributed by atoms with E-state index in [2.05, 4.69) is 5.32 Å². The van der Waals surface area contributed by atoms with E-state index in [1.165, 1.54) is 11.8 Å². The zero-order valence-electron chi connectivity index (χ0n) is 11.4. The smallest absolute Gasteiger partial charge is 0.230 e. The lowest BCUT2D eigenvalue weighted by molar-refractivity contribution is -0.120. The first-order valence-electron chi connectivity index (χ1n) is 6.28. The number of amides is 1. The minimum absolute atomic E-state index is 0.00563. The Morgan fingerprint density at radius 1 is 1.43 bits per heavy atom. The van der Waals surface area contributed by atoms with Crippen LogP contribution in [0.15, 0.2) is 23.1 Å². The van der Waals surface area contributed by atoms with Gasteiger partial charge in [-0.1, -0.05) is 23.2 Å². The molecule has 1 unspecified atom stereocenters. The molecule has 1 aromatic carbocycles. The number of carbonyl (C=O) groups excluding carboxylic acids is 1. The molecule has 0 radical (unpaired) electrons. The Morgan fingerprint density at radius 3 is 2.76 bits per heavy atom. The van der Waals surface area contributed by atoms with Crippen LogP contribution in [-0.4, -0.2) is 37.1 Å². The van der Waals surface area contributed by atoms with Crippen molar-refractivity contribution < 1.29 is 13.2 Å². The topological polar surface area (TPSA) is 63.2 Å². The van der Waals surface area contributed by atoms with Crippen molar-refractivity contribution in [1.29, 1.82) is 0 Å². The van der Waals surface area contributed by atoms with E-state index in [9.17, 15) is 13.2 Å². The van der Waals surface area contributed by atoms with E-state index in [0.717, 1.165) is 4.90 Å². The molecule has 21 heavy (non-hydrogen) atoms. The van der Waals surface area contributed by atoms with Gasteiger partial charge in [-0.05, 0) is 31.5 Å². The second-order valence-corrected chi connectivity index (χ2v) is 9.36. The molecule has 1 aromatic rings. The molecule has 4 nitrogen and oxygen atoms in total. The third-order valence-electron chi connectivity index (χ3n) is 3.20. The van der Waals surface area contributed by atoms with Gasteiger partial charge < -0.3 is 5.32 Å². The SMILES string of the molecule is CC1(NC(=O)CSc2cc(Cl)ccc2Cl)CCS(=O)(=O)C1. The number of hydrogen-bond donors (Lipinski definition) is 1. The van der Waals surface area contributed by atoms with Crippen LogP contribution in [0.2, 0.25) is 10.0 Å². The van der Waals surface area contributed by atoms with Crippen LogP contribution in [0.4, 0.5) is 0 Å². The van der Waals surface area contributed by atoms with Crippen LogP contribution >= 0.6 is 35.0 Å². The summed E-state index contributed by atoms with van der Waals surface area (Å²) in [5, 5.41) is 3.89. The number of rotatable bonds is 4. The van der Waals surface area contributed by atoms with Gasteiger partial charge in [0, 0.05) is 9.92 Å². The van der Waals surface area contributed by atoms with Gasteiger partial charge in [0.1, 0.15) is 0 Å². The fourth-order valence-electron chi connectivity index (χ4n) is 2.21. The van der Waals surface area contributed by atoms with Crippen LogP contribution in [0.25, 0.3) is 0 Å². The number of hydrogen-bond acceptors (Lipinski definition) is 4. The summed E-state index contributed by atoms with van der Waals surface area (Å²) in [6.07, 6.45) is 0.448. The third kappa shape index (κ3) is 4.77. The van der Waals surface area contributed by atoms with Crippen LogP contribution < -0.4 is 5.32 Å². The van der Waals surface area contributed by atoms with Gasteiger partial charge in [-0.3, -0.25) is 4.79 Å². The maximum Gasteiger partial charge on any atom is 0.230 e. The zero-order chi connectivity index (χ0) is 15.7. The van der Waals surface area contributed by atoms with Crippen molar-refractivity contribution in [3.63, 3.8) is 0 Å². The molecule has 1 atom stereocenters. The first-order chi connectivity index (χ1) is 9.69. The molecular weight excluding hydrogens is 353 g/mol. The van der Waals surface area contributed by atoms with Gasteiger partial charge in [0.25, 0.3) is 0 Å². The number of halogens is 2. The number of benzene rings is 1. The summed E-state index contributed by atoms with van der Waals surface area (Å²) in [5.41, 5.74) is -0.672. The zero-order valence-corrected chi connectivity index (χ0v) is 14.5. The molecule has 1 fully saturated rings. The van der Waals surface area contributed by atoms with Crippen molar-refractivity contribution in [1.82, 2.24) is 5.32 Å². The molecule has 1 aliphatic rings. The van der Waals surface area contributed by atoms with Crippen molar-refractivity contribution in [2.75, 3.05) is 17.3 Å². The molecule has 0 aromatic heterocycles. The Morgan fingerprint density at radius 2 is 2.14 bits per heavy atom. The second-order valence-electron chi connectivity index (χ2n) is 5.31. The normalized spacial score (nSPS) is 24.0. The molecule has 116 valence electrons. The fourth-order valence-corrected chi connectivity index (χ4v) is 5.60. The molecular formula is C13H15Cl2NO3S2. The van der Waals surface area contributed by atoms with Crippen molar-refractivity contribution in [3.05, 3.63) is 28.2 Å². The maximum atomic E-state index is 12.0. The Kier molecular flexibility index (Phi) is 5.13. The van der Waals surface area contributed by atoms with Crippen molar-refractivity contribution in [3.8, 4) is 0 Å². The van der Waals surface area contributed by atoms with E-state index < -0.39 is 15.4 Å². The van der Waals surface area contributed by atoms with Gasteiger partial charge in [0.2, 0.25) is 5.91 Å². The maximum absolute atomic E-state index is 12.0. The molecule has 0 aliphatic carbocycles. The standard InChI is InChI=1S/C13H15Cl2NO3S2/c1-13(4-5-21(18,19)8-13)16-12(17)7-20-11-6-9(14)2-3-10(11)15/h2-3,6H,4-5,7-8H2,1H3,(H,16,17). The Balaban J connectivity index is 1.92. The summed E-state index contributed by atoms with van der Waals surface area (Å²) in [7, 11) is -3.04. The number of thioether (sulfide) groups is 1. The third-order valence-corrected chi connectivity index (χ3v) is 6.83. The first kappa shape index (κ1) is 16.9. The fraction of sp³-hybridized carbons (Fsp3) is 0.462. The van der Waals surface area contributed by atoms with Crippen LogP contribution in [0.1, 0.15) is 13.3 Å². The second kappa shape index (κ2) is 6.36. The molecule has 0 spiro atoms. The highest BCUT2D eigenvalue weighted by Gasteiger charge is 2.39. The van der Waals surface area contributed by atoms with Crippen LogP contribution in [0, 0.1) is 0 Å². The monoisotopic (exact) mass is 367 g/mol. The van der Waals surface area contributed by atoms with Crippen molar-refractivity contribution in [2.45, 2.75) is 23.8 Å². The average Bonchev–Trinajstić information content (AvgIpc) is 2.64. The molecule has 8 heteroatoms. The van der Waals surface area contributed by atoms with Crippen LogP contribution in [0.5, 0.6) is 0 Å². The molecule has 1 saturated heterocycles. The summed E-state index contributed by atoms with van der Waals surface area (Å²) >= 11 is 13.2. The number of carbonyl (C=O) groups is 1. The van der Waals surface area contributed by atoms with Gasteiger partial charge in [-0.2, -0.15) is 0 Å². The summed E-state index contributed by atoms with van der Waals surface area (Å²) in [6.45, 7) is 1.76. The predicted molar refractivity (Wildman–Crippen MR) is 87.0 cm³/mol. The number of sulfone groups is 1. The van der Waals surface area contributed by atoms with Crippen molar-refractivity contribution >= 4 is 50.7 Å². The largest absolute Gasteiger partial charge is 0.349 e. The molecule has 0 saturated carbocycles. The number of nitrogens with one attached hydrogen (secondary N) is 1. The van der Waals surface area contributed by atoms with Crippen LogP contribution in [-0.2, 0) is 14.6 Å². The molecule has 1 heterocycles. The lowest BCUT2D eigenvalue weighted by Crippen LogP contribution is -2.47. The summed E-state index contributed by atoms with van der Waals surface area (Å²) in [5.74, 6) is 0.0665. The lowest BCUT2D eigenvalue weighted by atomic mass is 10.0. The Hall–Kier alpha value is -0.430. The highest BCUT2D eigenvalue weighted by molar-refractivity contribution is 8.00. The van der Waals surface area contributed by atoms with Gasteiger partial charge in [0.15, 0.2) is 9.84 Å². The van der Waals surface area contributed by atoms with E-state index in [0.29, 0.717) is 16.5 Å². The summed E-state index contributed by atoms with van der Waals surface area (Å²) < 4.78 is 23.0. The highest BCUT2D eigenvalue weighted by Crippen LogP contribution is 2.30. The van der Waals surface area contributed by atoms with E-state index in [1.807, 2.05) is 0 Å². The minimum atomic E-state index is -3.04. The predicted octanol–water partition coefficient (Wildman–Crippen LogP) is 2.78. The van der Waals surface area contributed by atoms with Crippen LogP contribution in [0.3, 0.4) is 0 Å². The van der Waals surface area contributed by atoms with E-state index in [4.69, 9.17) is 23.2 Å². The van der Waals surface area contributed by atoms with Gasteiger partial charge >= 0.3 is 0 Å². The summed E-state index contributed by atoms with van der Waals surface area (Å²) in [6, 6.07) is 5.05. The molecule has 2 rings (SSSR count). The molecule has 1 amide bonds. The van der Waals surface area contributed by atoms with E-state index in [-0.39, 0.29) is 23.2 Å². The summed E-state index contributed by atoms with van der Waals surface area (Å²) in [4.78, 5) is 12.7. The van der Waals surface area contributed by atoms with E-state index in [1.54, 1.807) is 25.1 Å². The quantitative estimate of drug-likeness (QED) is 0.831. The Labute approximate surface area is 138 Å². The first-order valence-corrected chi connectivity index (χ1v) is 9.85. The molecule has 1 N–H and O–H groups in total. The highest BCUT2D eigenvalue weighted by atomic mass is 35.5. The molecule has 1 aliphatic heterocycles. The average molecular weight is 368 g/mol. The van der Waals surface area contributed by atoms with Gasteiger partial charge in [0.05, 0.1) is 27.8 Å². The lowest BCUT2D eigenvalue weighted by Gasteiger charge is -2.23. The minimum Gasteiger partial charge on any atom is -0.349 e. The Bertz CT molecular complexity index is 663. The van der Waals surface area contributed by atoms with Gasteiger partial charge in [-0.15, -0.1) is 11.8 Å². The van der Waals surface area contributed by atoms with E-state index >= 15 is 0 Å².